The average Bonchev–Trinajstić information content (AvgIpc) is 2.29. The topological polar surface area (TPSA) is 47.9 Å². The molecule has 1 rings (SSSR count). The summed E-state index contributed by atoms with van der Waals surface area (Å²) >= 11 is 0. The second-order valence-electron chi connectivity index (χ2n) is 8.79. The largest absolute Gasteiger partial charge is 0.417 e. The van der Waals surface area contributed by atoms with E-state index in [-0.39, 0.29) is 11.1 Å². The number of hydrogen-bond donors (Lipinski definition) is 1. The molecule has 132 valence electrons. The third-order valence-electron chi connectivity index (χ3n) is 5.11. The summed E-state index contributed by atoms with van der Waals surface area (Å²) < 4.78 is 17.9. The Kier molecular flexibility index (Phi) is 5.95. The summed E-state index contributed by atoms with van der Waals surface area (Å²) in [4.78, 5) is 0. The van der Waals surface area contributed by atoms with Crippen LogP contribution in [-0.2, 0) is 13.9 Å². The zero-order valence-electron chi connectivity index (χ0n) is 15.9. The summed E-state index contributed by atoms with van der Waals surface area (Å²) in [6.07, 6.45) is 0.798. The van der Waals surface area contributed by atoms with Gasteiger partial charge in [0.1, 0.15) is 6.10 Å². The highest BCUT2D eigenvalue weighted by Crippen LogP contribution is 2.39. The molecule has 0 spiro atoms. The van der Waals surface area contributed by atoms with Gasteiger partial charge in [-0.1, -0.05) is 20.8 Å². The van der Waals surface area contributed by atoms with Gasteiger partial charge in [0.25, 0.3) is 0 Å². The fraction of sp³-hybridized carbons (Fsp3) is 1.00. The Morgan fingerprint density at radius 2 is 1.73 bits per heavy atom. The smallest absolute Gasteiger partial charge is 0.191 e. The first kappa shape index (κ1) is 20.1. The van der Waals surface area contributed by atoms with Crippen molar-refractivity contribution in [2.75, 3.05) is 6.61 Å². The molecule has 0 amide bonds. The second-order valence-corrected chi connectivity index (χ2v) is 13.6. The second kappa shape index (κ2) is 6.52. The Morgan fingerprint density at radius 3 is 2.23 bits per heavy atom. The molecule has 0 radical (unpaired) electrons. The Morgan fingerprint density at radius 1 is 1.18 bits per heavy atom. The molecule has 5 heteroatoms. The molecule has 0 aromatic heterocycles. The summed E-state index contributed by atoms with van der Waals surface area (Å²) in [5.74, 6) is -0.659. The lowest BCUT2D eigenvalue weighted by atomic mass is 9.88. The van der Waals surface area contributed by atoms with Crippen LogP contribution in [-0.4, -0.2) is 43.6 Å². The normalized spacial score (nSPS) is 33.0. The molecule has 22 heavy (non-hydrogen) atoms. The highest BCUT2D eigenvalue weighted by atomic mass is 28.4. The van der Waals surface area contributed by atoms with E-state index >= 15 is 0 Å². The Labute approximate surface area is 137 Å². The van der Waals surface area contributed by atoms with Gasteiger partial charge in [-0.05, 0) is 58.7 Å². The lowest BCUT2D eigenvalue weighted by Crippen LogP contribution is -2.60. The molecule has 1 aliphatic rings. The van der Waals surface area contributed by atoms with Crippen LogP contribution in [0.25, 0.3) is 0 Å². The molecule has 1 aliphatic heterocycles. The van der Waals surface area contributed by atoms with Gasteiger partial charge in [0, 0.05) is 6.61 Å². The maximum Gasteiger partial charge on any atom is 0.191 e. The number of aliphatic hydroxyl groups is 1. The van der Waals surface area contributed by atoms with Crippen molar-refractivity contribution in [3.63, 3.8) is 0 Å². The van der Waals surface area contributed by atoms with E-state index in [1.54, 1.807) is 0 Å². The molecule has 4 nitrogen and oxygen atoms in total. The first-order chi connectivity index (χ1) is 9.70. The van der Waals surface area contributed by atoms with Crippen molar-refractivity contribution in [2.45, 2.75) is 103 Å². The van der Waals surface area contributed by atoms with Gasteiger partial charge >= 0.3 is 0 Å². The van der Waals surface area contributed by atoms with Crippen molar-refractivity contribution >= 4 is 8.32 Å². The number of aliphatic hydroxyl groups excluding tert-OH is 1. The Hall–Kier alpha value is 0.0569. The van der Waals surface area contributed by atoms with Gasteiger partial charge < -0.3 is 19.0 Å². The van der Waals surface area contributed by atoms with Gasteiger partial charge in [-0.2, -0.15) is 0 Å². The fourth-order valence-electron chi connectivity index (χ4n) is 2.82. The molecule has 0 saturated carbocycles. The minimum absolute atomic E-state index is 0.224. The van der Waals surface area contributed by atoms with Gasteiger partial charge in [0.2, 0.25) is 0 Å². The van der Waals surface area contributed by atoms with Gasteiger partial charge in [-0.25, -0.2) is 0 Å². The van der Waals surface area contributed by atoms with Crippen LogP contribution in [0.3, 0.4) is 0 Å². The van der Waals surface area contributed by atoms with E-state index in [1.807, 2.05) is 27.7 Å². The monoisotopic (exact) mass is 332 g/mol. The van der Waals surface area contributed by atoms with Gasteiger partial charge in [-0.3, -0.25) is 0 Å². The fourth-order valence-corrected chi connectivity index (χ4v) is 3.91. The summed E-state index contributed by atoms with van der Waals surface area (Å²) in [5, 5.41) is 10.7. The first-order valence-electron chi connectivity index (χ1n) is 8.40. The maximum absolute atomic E-state index is 10.4. The van der Waals surface area contributed by atoms with Crippen molar-refractivity contribution in [2.24, 2.45) is 0 Å². The van der Waals surface area contributed by atoms with Crippen LogP contribution in [0.15, 0.2) is 0 Å². The molecule has 1 saturated heterocycles. The van der Waals surface area contributed by atoms with E-state index in [2.05, 4.69) is 33.9 Å². The SMILES string of the molecule is C[C@H]1OC(C)(C)O[C@](C)(CCCO[Si](C)(C)C(C)(C)C)[C@H]1O. The van der Waals surface area contributed by atoms with Gasteiger partial charge in [-0.15, -0.1) is 0 Å². The molecule has 0 aromatic carbocycles. The van der Waals surface area contributed by atoms with E-state index < -0.39 is 25.8 Å². The van der Waals surface area contributed by atoms with E-state index in [9.17, 15) is 5.11 Å². The molecule has 1 N–H and O–H groups in total. The predicted molar refractivity (Wildman–Crippen MR) is 92.5 cm³/mol. The van der Waals surface area contributed by atoms with E-state index in [0.717, 1.165) is 19.4 Å². The molecular formula is C17H36O4Si. The molecule has 0 aromatic rings. The van der Waals surface area contributed by atoms with Crippen LogP contribution in [0.5, 0.6) is 0 Å². The van der Waals surface area contributed by atoms with Crippen LogP contribution in [0.1, 0.15) is 61.3 Å². The number of rotatable bonds is 5. The van der Waals surface area contributed by atoms with E-state index in [1.165, 1.54) is 0 Å². The molecule has 1 fully saturated rings. The third-order valence-corrected chi connectivity index (χ3v) is 9.64. The third kappa shape index (κ3) is 4.77. The quantitative estimate of drug-likeness (QED) is 0.609. The molecular weight excluding hydrogens is 296 g/mol. The van der Waals surface area contributed by atoms with Crippen molar-refractivity contribution < 1.29 is 19.0 Å². The zero-order valence-corrected chi connectivity index (χ0v) is 16.9. The molecule has 0 aliphatic carbocycles. The lowest BCUT2D eigenvalue weighted by molar-refractivity contribution is -0.361. The van der Waals surface area contributed by atoms with Crippen LogP contribution < -0.4 is 0 Å². The van der Waals surface area contributed by atoms with Crippen LogP contribution >= 0.6 is 0 Å². The maximum atomic E-state index is 10.4. The highest BCUT2D eigenvalue weighted by Gasteiger charge is 2.48. The summed E-state index contributed by atoms with van der Waals surface area (Å²) in [6, 6.07) is 0. The first-order valence-corrected chi connectivity index (χ1v) is 11.3. The summed E-state index contributed by atoms with van der Waals surface area (Å²) in [5.41, 5.74) is -0.585. The van der Waals surface area contributed by atoms with Crippen molar-refractivity contribution in [1.82, 2.24) is 0 Å². The number of ether oxygens (including phenoxy) is 2. The summed E-state index contributed by atoms with van der Waals surface area (Å²) in [6.45, 7) is 19.7. The standard InChI is InChI=1S/C17H36O4Si/c1-13-14(18)17(7,21-16(5,6)20-13)11-10-12-19-22(8,9)15(2,3)4/h13-14,18H,10-12H2,1-9H3/t13-,14+,17-/m1/s1. The predicted octanol–water partition coefficient (Wildman–Crippen LogP) is 4.08. The number of hydrogen-bond acceptors (Lipinski definition) is 4. The highest BCUT2D eigenvalue weighted by molar-refractivity contribution is 6.74. The van der Waals surface area contributed by atoms with Gasteiger partial charge in [0.15, 0.2) is 14.1 Å². The molecule has 0 bridgehead atoms. The summed E-state index contributed by atoms with van der Waals surface area (Å²) in [7, 11) is -1.70. The Balaban J connectivity index is 2.56. The van der Waals surface area contributed by atoms with Crippen molar-refractivity contribution in [1.29, 1.82) is 0 Å². The molecule has 1 heterocycles. The van der Waals surface area contributed by atoms with E-state index in [0.29, 0.717) is 0 Å². The van der Waals surface area contributed by atoms with Crippen LogP contribution in [0, 0.1) is 0 Å². The van der Waals surface area contributed by atoms with E-state index in [4.69, 9.17) is 13.9 Å². The van der Waals surface area contributed by atoms with Crippen LogP contribution in [0.2, 0.25) is 18.1 Å². The lowest BCUT2D eigenvalue weighted by Gasteiger charge is -2.49. The Bertz CT molecular complexity index is 375. The molecule has 0 unspecified atom stereocenters. The van der Waals surface area contributed by atoms with Gasteiger partial charge in [0.05, 0.1) is 11.7 Å². The molecule has 3 atom stereocenters. The van der Waals surface area contributed by atoms with Crippen LogP contribution in [0.4, 0.5) is 0 Å². The average molecular weight is 333 g/mol. The van der Waals surface area contributed by atoms with Crippen molar-refractivity contribution in [3.8, 4) is 0 Å². The minimum atomic E-state index is -1.70. The zero-order chi connectivity index (χ0) is 17.4. The van der Waals surface area contributed by atoms with Crippen molar-refractivity contribution in [3.05, 3.63) is 0 Å². The minimum Gasteiger partial charge on any atom is -0.417 e.